The summed E-state index contributed by atoms with van der Waals surface area (Å²) in [7, 11) is 0. The van der Waals surface area contributed by atoms with Crippen molar-refractivity contribution in [3.63, 3.8) is 0 Å². The third kappa shape index (κ3) is 6.09. The fraction of sp³-hybridized carbons (Fsp3) is 0.692. The van der Waals surface area contributed by atoms with E-state index in [9.17, 15) is 0 Å². The van der Waals surface area contributed by atoms with Gasteiger partial charge >= 0.3 is 0 Å². The molecule has 0 radical (unpaired) electrons. The van der Waals surface area contributed by atoms with E-state index in [1.165, 1.54) is 43.4 Å². The Bertz CT molecular complexity index is 306. The number of hydrogen-bond acceptors (Lipinski definition) is 1. The molecular formula is C13H19Br2ClS. The summed E-state index contributed by atoms with van der Waals surface area (Å²) in [4.78, 5) is 1.26. The topological polar surface area (TPSA) is 0 Å². The molecule has 0 nitrogen and oxygen atoms in total. The second kappa shape index (κ2) is 8.95. The van der Waals surface area contributed by atoms with Crippen molar-refractivity contribution in [3.8, 4) is 0 Å². The summed E-state index contributed by atoms with van der Waals surface area (Å²) in [6.45, 7) is 2.25. The highest BCUT2D eigenvalue weighted by Crippen LogP contribution is 2.39. The van der Waals surface area contributed by atoms with Crippen LogP contribution in [0.5, 0.6) is 0 Å². The molecule has 17 heavy (non-hydrogen) atoms. The van der Waals surface area contributed by atoms with E-state index >= 15 is 0 Å². The van der Waals surface area contributed by atoms with Crippen LogP contribution in [0.2, 0.25) is 0 Å². The summed E-state index contributed by atoms with van der Waals surface area (Å²) < 4.78 is 2.26. The summed E-state index contributed by atoms with van der Waals surface area (Å²) in [6, 6.07) is 2.13. The minimum atomic E-state index is 0.175. The van der Waals surface area contributed by atoms with E-state index in [2.05, 4.69) is 44.8 Å². The molecule has 1 heterocycles. The first-order valence-corrected chi connectivity index (χ1v) is 9.07. The van der Waals surface area contributed by atoms with Crippen molar-refractivity contribution < 1.29 is 0 Å². The normalized spacial score (nSPS) is 12.9. The second-order valence-electron chi connectivity index (χ2n) is 4.29. The standard InChI is InChI=1S/C13H19Br2ClS/c1-2-3-4-5-6-7-8-11(16)12-9-10(14)13(15)17-12/h9,11H,2-8H2,1H3. The van der Waals surface area contributed by atoms with Gasteiger partial charge in [0.2, 0.25) is 0 Å². The van der Waals surface area contributed by atoms with Crippen LogP contribution in [0, 0.1) is 0 Å². The van der Waals surface area contributed by atoms with Gasteiger partial charge in [0.25, 0.3) is 0 Å². The van der Waals surface area contributed by atoms with Crippen molar-refractivity contribution in [2.24, 2.45) is 0 Å². The Labute approximate surface area is 130 Å². The summed E-state index contributed by atoms with van der Waals surface area (Å²) in [5.41, 5.74) is 0. The van der Waals surface area contributed by atoms with E-state index in [4.69, 9.17) is 11.6 Å². The highest BCUT2D eigenvalue weighted by molar-refractivity contribution is 9.13. The van der Waals surface area contributed by atoms with E-state index in [1.807, 2.05) is 0 Å². The van der Waals surface area contributed by atoms with Crippen molar-refractivity contribution in [3.05, 3.63) is 19.2 Å². The first kappa shape index (κ1) is 16.0. The zero-order chi connectivity index (χ0) is 12.7. The van der Waals surface area contributed by atoms with Gasteiger partial charge in [-0.15, -0.1) is 22.9 Å². The molecular weight excluding hydrogens is 383 g/mol. The van der Waals surface area contributed by atoms with Gasteiger partial charge in [0.15, 0.2) is 0 Å². The van der Waals surface area contributed by atoms with Crippen molar-refractivity contribution in [2.75, 3.05) is 0 Å². The van der Waals surface area contributed by atoms with Gasteiger partial charge in [-0.2, -0.15) is 0 Å². The van der Waals surface area contributed by atoms with Crippen molar-refractivity contribution in [1.82, 2.24) is 0 Å². The molecule has 1 unspecified atom stereocenters. The average molecular weight is 403 g/mol. The molecule has 0 spiro atoms. The Morgan fingerprint density at radius 3 is 2.41 bits per heavy atom. The highest BCUT2D eigenvalue weighted by atomic mass is 79.9. The van der Waals surface area contributed by atoms with Crippen LogP contribution < -0.4 is 0 Å². The van der Waals surface area contributed by atoms with Gasteiger partial charge in [-0.1, -0.05) is 45.4 Å². The monoisotopic (exact) mass is 400 g/mol. The molecule has 4 heteroatoms. The van der Waals surface area contributed by atoms with Gasteiger partial charge < -0.3 is 0 Å². The fourth-order valence-electron chi connectivity index (χ4n) is 1.76. The maximum absolute atomic E-state index is 6.40. The summed E-state index contributed by atoms with van der Waals surface area (Å²) >= 11 is 15.1. The number of unbranched alkanes of at least 4 members (excludes halogenated alkanes) is 5. The molecule has 1 aromatic rings. The molecule has 0 bridgehead atoms. The Kier molecular flexibility index (Phi) is 8.43. The molecule has 0 aliphatic rings. The molecule has 0 fully saturated rings. The molecule has 0 aliphatic heterocycles. The van der Waals surface area contributed by atoms with Gasteiger partial charge in [0.1, 0.15) is 0 Å². The molecule has 1 aromatic heterocycles. The molecule has 0 aromatic carbocycles. The van der Waals surface area contributed by atoms with E-state index in [1.54, 1.807) is 11.3 Å². The fourth-order valence-corrected chi connectivity index (χ4v) is 4.22. The van der Waals surface area contributed by atoms with Crippen LogP contribution in [0.1, 0.15) is 62.1 Å². The molecule has 1 rings (SSSR count). The van der Waals surface area contributed by atoms with Crippen LogP contribution in [0.4, 0.5) is 0 Å². The Morgan fingerprint density at radius 1 is 1.18 bits per heavy atom. The number of halogens is 3. The molecule has 0 N–H and O–H groups in total. The highest BCUT2D eigenvalue weighted by Gasteiger charge is 2.12. The lowest BCUT2D eigenvalue weighted by Gasteiger charge is -2.06. The third-order valence-corrected chi connectivity index (χ3v) is 6.74. The molecule has 0 aliphatic carbocycles. The van der Waals surface area contributed by atoms with Crippen molar-refractivity contribution in [2.45, 2.75) is 57.2 Å². The average Bonchev–Trinajstić information content (AvgIpc) is 2.64. The summed E-state index contributed by atoms with van der Waals surface area (Å²) in [6.07, 6.45) is 9.06. The van der Waals surface area contributed by atoms with Crippen molar-refractivity contribution >= 4 is 54.8 Å². The zero-order valence-electron chi connectivity index (χ0n) is 10.1. The van der Waals surface area contributed by atoms with E-state index < -0.39 is 0 Å². The van der Waals surface area contributed by atoms with Crippen LogP contribution in [-0.4, -0.2) is 0 Å². The third-order valence-electron chi connectivity index (χ3n) is 2.78. The number of rotatable bonds is 8. The lowest BCUT2D eigenvalue weighted by Crippen LogP contribution is -1.87. The van der Waals surface area contributed by atoms with Gasteiger partial charge in [-0.25, -0.2) is 0 Å². The van der Waals surface area contributed by atoms with Crippen LogP contribution in [-0.2, 0) is 0 Å². The minimum absolute atomic E-state index is 0.175. The smallest absolute Gasteiger partial charge is 0.0843 e. The largest absolute Gasteiger partial charge is 0.131 e. The number of hydrogen-bond donors (Lipinski definition) is 0. The van der Waals surface area contributed by atoms with E-state index in [0.717, 1.165) is 14.7 Å². The number of alkyl halides is 1. The Morgan fingerprint density at radius 2 is 1.82 bits per heavy atom. The van der Waals surface area contributed by atoms with Crippen LogP contribution in [0.3, 0.4) is 0 Å². The van der Waals surface area contributed by atoms with Crippen LogP contribution >= 0.6 is 54.8 Å². The lowest BCUT2D eigenvalue weighted by atomic mass is 10.1. The van der Waals surface area contributed by atoms with Gasteiger partial charge in [0.05, 0.1) is 9.16 Å². The Hall–Kier alpha value is 0.950. The van der Waals surface area contributed by atoms with Gasteiger partial charge in [-0.05, 0) is 44.3 Å². The quantitative estimate of drug-likeness (QED) is 0.316. The maximum Gasteiger partial charge on any atom is 0.0843 e. The maximum atomic E-state index is 6.40. The molecule has 98 valence electrons. The van der Waals surface area contributed by atoms with Gasteiger partial charge in [-0.3, -0.25) is 0 Å². The van der Waals surface area contributed by atoms with Crippen molar-refractivity contribution in [1.29, 1.82) is 0 Å². The zero-order valence-corrected chi connectivity index (χ0v) is 14.9. The summed E-state index contributed by atoms with van der Waals surface area (Å²) in [5.74, 6) is 0. The molecule has 0 saturated carbocycles. The SMILES string of the molecule is CCCCCCCCC(Cl)c1cc(Br)c(Br)s1. The minimum Gasteiger partial charge on any atom is -0.131 e. The predicted molar refractivity (Wildman–Crippen MR) is 86.3 cm³/mol. The second-order valence-corrected chi connectivity index (χ2v) is 8.08. The molecule has 1 atom stereocenters. The first-order chi connectivity index (χ1) is 8.15. The Balaban J connectivity index is 2.19. The van der Waals surface area contributed by atoms with Crippen LogP contribution in [0.25, 0.3) is 0 Å². The van der Waals surface area contributed by atoms with Crippen LogP contribution in [0.15, 0.2) is 14.3 Å². The van der Waals surface area contributed by atoms with E-state index in [0.29, 0.717) is 0 Å². The molecule has 0 amide bonds. The molecule has 0 saturated heterocycles. The van der Waals surface area contributed by atoms with E-state index in [-0.39, 0.29) is 5.38 Å². The van der Waals surface area contributed by atoms with Gasteiger partial charge in [0, 0.05) is 9.35 Å². The lowest BCUT2D eigenvalue weighted by molar-refractivity contribution is 0.586. The predicted octanol–water partition coefficient (Wildman–Crippen LogP) is 7.30. The summed E-state index contributed by atoms with van der Waals surface area (Å²) in [5, 5.41) is 0.175. The first-order valence-electron chi connectivity index (χ1n) is 6.24. The number of thiophene rings is 1.